The van der Waals surface area contributed by atoms with Gasteiger partial charge in [0.2, 0.25) is 0 Å². The van der Waals surface area contributed by atoms with Crippen LogP contribution in [0.25, 0.3) is 0 Å². The lowest BCUT2D eigenvalue weighted by Gasteiger charge is -2.09. The number of halogens is 2. The molecule has 0 fully saturated rings. The maximum atomic E-state index is 13.8. The van der Waals surface area contributed by atoms with Gasteiger partial charge in [-0.05, 0) is 23.8 Å². The van der Waals surface area contributed by atoms with Crippen LogP contribution in [0.3, 0.4) is 0 Å². The molecule has 0 atom stereocenters. The van der Waals surface area contributed by atoms with E-state index >= 15 is 0 Å². The van der Waals surface area contributed by atoms with Crippen molar-refractivity contribution in [1.29, 1.82) is 5.26 Å². The second kappa shape index (κ2) is 6.35. The summed E-state index contributed by atoms with van der Waals surface area (Å²) >= 11 is 1.42. The lowest BCUT2D eigenvalue weighted by Crippen LogP contribution is -1.99. The maximum Gasteiger partial charge on any atom is 0.163 e. The molecule has 0 radical (unpaired) electrons. The molecule has 0 saturated carbocycles. The third-order valence-electron chi connectivity index (χ3n) is 2.69. The summed E-state index contributed by atoms with van der Waals surface area (Å²) in [4.78, 5) is 0.981. The van der Waals surface area contributed by atoms with E-state index in [2.05, 4.69) is 0 Å². The summed E-state index contributed by atoms with van der Waals surface area (Å²) in [6.45, 7) is 0. The number of rotatable bonds is 4. The normalized spacial score (nSPS) is 10.2. The summed E-state index contributed by atoms with van der Waals surface area (Å²) in [6, 6.07) is 14.0. The minimum atomic E-state index is -0.870. The Hall–Kier alpha value is -1.86. The van der Waals surface area contributed by atoms with Crippen LogP contribution < -0.4 is 0 Å². The standard InChI is InChI=1S/C15H11F2NS/c16-14-7-6-11(8-9-18)13(15(14)17)10-19-12-4-2-1-3-5-12/h1-7H,8,10H2. The Kier molecular flexibility index (Phi) is 4.53. The molecular formula is C15H11F2NS. The summed E-state index contributed by atoms with van der Waals surface area (Å²) in [6.07, 6.45) is 0.0852. The topological polar surface area (TPSA) is 23.8 Å². The van der Waals surface area contributed by atoms with Gasteiger partial charge >= 0.3 is 0 Å². The highest BCUT2D eigenvalue weighted by molar-refractivity contribution is 7.98. The molecule has 0 amide bonds. The SMILES string of the molecule is N#CCc1ccc(F)c(F)c1CSc1ccccc1. The first-order valence-corrected chi connectivity index (χ1v) is 6.71. The molecular weight excluding hydrogens is 264 g/mol. The van der Waals surface area contributed by atoms with Crippen LogP contribution in [0.2, 0.25) is 0 Å². The number of hydrogen-bond donors (Lipinski definition) is 0. The molecule has 0 aliphatic rings. The minimum absolute atomic E-state index is 0.0852. The van der Waals surface area contributed by atoms with E-state index in [9.17, 15) is 8.78 Å². The van der Waals surface area contributed by atoms with Crippen molar-refractivity contribution >= 4 is 11.8 Å². The van der Waals surface area contributed by atoms with E-state index in [1.807, 2.05) is 36.4 Å². The molecule has 2 aromatic rings. The van der Waals surface area contributed by atoms with Gasteiger partial charge in [0, 0.05) is 16.2 Å². The van der Waals surface area contributed by atoms with Crippen molar-refractivity contribution in [3.63, 3.8) is 0 Å². The number of benzene rings is 2. The summed E-state index contributed by atoms with van der Waals surface area (Å²) in [5.41, 5.74) is 0.820. The molecule has 0 aromatic heterocycles. The third-order valence-corrected chi connectivity index (χ3v) is 3.73. The van der Waals surface area contributed by atoms with Gasteiger partial charge in [0.1, 0.15) is 0 Å². The molecule has 4 heteroatoms. The number of hydrogen-bond acceptors (Lipinski definition) is 2. The summed E-state index contributed by atoms with van der Waals surface area (Å²) in [7, 11) is 0. The summed E-state index contributed by atoms with van der Waals surface area (Å²) in [5.74, 6) is -1.41. The molecule has 0 saturated heterocycles. The van der Waals surface area contributed by atoms with Gasteiger partial charge in [-0.2, -0.15) is 5.26 Å². The monoisotopic (exact) mass is 275 g/mol. The molecule has 2 aromatic carbocycles. The smallest absolute Gasteiger partial charge is 0.163 e. The molecule has 0 bridgehead atoms. The van der Waals surface area contributed by atoms with Crippen LogP contribution in [-0.2, 0) is 12.2 Å². The molecule has 19 heavy (non-hydrogen) atoms. The van der Waals surface area contributed by atoms with Crippen LogP contribution in [0.1, 0.15) is 11.1 Å². The predicted octanol–water partition coefficient (Wildman–Crippen LogP) is 4.32. The van der Waals surface area contributed by atoms with E-state index in [1.165, 1.54) is 17.8 Å². The van der Waals surface area contributed by atoms with Gasteiger partial charge in [-0.15, -0.1) is 11.8 Å². The van der Waals surface area contributed by atoms with E-state index in [0.717, 1.165) is 11.0 Å². The van der Waals surface area contributed by atoms with E-state index in [0.29, 0.717) is 11.3 Å². The van der Waals surface area contributed by atoms with Crippen LogP contribution in [0.15, 0.2) is 47.4 Å². The molecule has 1 nitrogen and oxygen atoms in total. The van der Waals surface area contributed by atoms with Crippen molar-refractivity contribution < 1.29 is 8.78 Å². The van der Waals surface area contributed by atoms with Gasteiger partial charge < -0.3 is 0 Å². The maximum absolute atomic E-state index is 13.8. The Bertz CT molecular complexity index is 606. The van der Waals surface area contributed by atoms with Crippen molar-refractivity contribution in [3.8, 4) is 6.07 Å². The zero-order chi connectivity index (χ0) is 13.7. The van der Waals surface area contributed by atoms with Gasteiger partial charge in [0.05, 0.1) is 12.5 Å². The molecule has 0 unspecified atom stereocenters. The Labute approximate surface area is 114 Å². The average Bonchev–Trinajstić information content (AvgIpc) is 2.44. The number of thioether (sulfide) groups is 1. The van der Waals surface area contributed by atoms with Crippen LogP contribution in [0.5, 0.6) is 0 Å². The Morgan fingerprint density at radius 2 is 1.79 bits per heavy atom. The molecule has 0 aliphatic heterocycles. The number of nitrogens with zero attached hydrogens (tertiary/aromatic N) is 1. The van der Waals surface area contributed by atoms with Gasteiger partial charge in [0.15, 0.2) is 11.6 Å². The fourth-order valence-corrected chi connectivity index (χ4v) is 2.68. The van der Waals surface area contributed by atoms with Crippen molar-refractivity contribution in [2.75, 3.05) is 0 Å². The first kappa shape index (κ1) is 13.6. The van der Waals surface area contributed by atoms with Gasteiger partial charge in [-0.1, -0.05) is 24.3 Å². The van der Waals surface area contributed by atoms with Crippen molar-refractivity contribution in [2.45, 2.75) is 17.1 Å². The minimum Gasteiger partial charge on any atom is -0.204 e. The Balaban J connectivity index is 2.23. The average molecular weight is 275 g/mol. The first-order chi connectivity index (χ1) is 9.22. The van der Waals surface area contributed by atoms with Gasteiger partial charge in [-0.3, -0.25) is 0 Å². The van der Waals surface area contributed by atoms with Crippen molar-refractivity contribution in [2.24, 2.45) is 0 Å². The van der Waals surface area contributed by atoms with E-state index in [-0.39, 0.29) is 12.0 Å². The van der Waals surface area contributed by atoms with Gasteiger partial charge in [0.25, 0.3) is 0 Å². The van der Waals surface area contributed by atoms with Crippen LogP contribution in [-0.4, -0.2) is 0 Å². The summed E-state index contributed by atoms with van der Waals surface area (Å²) in [5, 5.41) is 8.72. The Morgan fingerprint density at radius 1 is 1.05 bits per heavy atom. The van der Waals surface area contributed by atoms with E-state index in [1.54, 1.807) is 0 Å². The molecule has 96 valence electrons. The van der Waals surface area contributed by atoms with Crippen molar-refractivity contribution in [1.82, 2.24) is 0 Å². The molecule has 0 N–H and O–H groups in total. The number of nitriles is 1. The van der Waals surface area contributed by atoms with Crippen LogP contribution in [0.4, 0.5) is 8.78 Å². The lowest BCUT2D eigenvalue weighted by atomic mass is 10.1. The van der Waals surface area contributed by atoms with Crippen LogP contribution in [0, 0.1) is 23.0 Å². The third kappa shape index (κ3) is 3.33. The Morgan fingerprint density at radius 3 is 2.47 bits per heavy atom. The summed E-state index contributed by atoms with van der Waals surface area (Å²) < 4.78 is 27.0. The molecule has 0 aliphatic carbocycles. The fourth-order valence-electron chi connectivity index (χ4n) is 1.71. The molecule has 0 heterocycles. The van der Waals surface area contributed by atoms with Gasteiger partial charge in [-0.25, -0.2) is 8.78 Å². The highest BCUT2D eigenvalue weighted by Crippen LogP contribution is 2.27. The second-order valence-electron chi connectivity index (χ2n) is 3.94. The quantitative estimate of drug-likeness (QED) is 0.776. The van der Waals surface area contributed by atoms with Crippen molar-refractivity contribution in [3.05, 3.63) is 65.2 Å². The van der Waals surface area contributed by atoms with E-state index < -0.39 is 11.6 Å². The largest absolute Gasteiger partial charge is 0.204 e. The molecule has 2 rings (SSSR count). The zero-order valence-corrected chi connectivity index (χ0v) is 10.9. The van der Waals surface area contributed by atoms with E-state index in [4.69, 9.17) is 5.26 Å². The highest BCUT2D eigenvalue weighted by Gasteiger charge is 2.13. The molecule has 0 spiro atoms. The fraction of sp³-hybridized carbons (Fsp3) is 0.133. The zero-order valence-electron chi connectivity index (χ0n) is 10.1. The lowest BCUT2D eigenvalue weighted by molar-refractivity contribution is 0.501. The predicted molar refractivity (Wildman–Crippen MR) is 71.7 cm³/mol. The first-order valence-electron chi connectivity index (χ1n) is 5.73. The highest BCUT2D eigenvalue weighted by atomic mass is 32.2. The van der Waals surface area contributed by atoms with Crippen LogP contribution >= 0.6 is 11.8 Å². The second-order valence-corrected chi connectivity index (χ2v) is 4.98.